The number of urea groups is 1. The van der Waals surface area contributed by atoms with Crippen molar-refractivity contribution in [3.63, 3.8) is 0 Å². The van der Waals surface area contributed by atoms with E-state index in [2.05, 4.69) is 10.2 Å². The SMILES string of the molecule is CCNC(=O)N1CCC2(CC1)SCCN2C(=O)c1ccccc1C. The highest BCUT2D eigenvalue weighted by Gasteiger charge is 2.47. The molecule has 1 spiro atoms. The molecule has 1 aromatic rings. The van der Waals surface area contributed by atoms with Crippen molar-refractivity contribution in [1.29, 1.82) is 0 Å². The normalized spacial score (nSPS) is 19.6. The van der Waals surface area contributed by atoms with Gasteiger partial charge in [0.15, 0.2) is 0 Å². The molecule has 3 amide bonds. The van der Waals surface area contributed by atoms with E-state index in [1.54, 1.807) is 0 Å². The maximum atomic E-state index is 13.1. The van der Waals surface area contributed by atoms with Crippen molar-refractivity contribution in [3.8, 4) is 0 Å². The maximum absolute atomic E-state index is 13.1. The zero-order valence-electron chi connectivity index (χ0n) is 14.4. The number of piperidine rings is 1. The van der Waals surface area contributed by atoms with Crippen LogP contribution in [0.4, 0.5) is 4.79 Å². The topological polar surface area (TPSA) is 52.7 Å². The Hall–Kier alpha value is -1.69. The summed E-state index contributed by atoms with van der Waals surface area (Å²) in [5.74, 6) is 1.10. The van der Waals surface area contributed by atoms with Gasteiger partial charge in [-0.05, 0) is 38.3 Å². The van der Waals surface area contributed by atoms with Crippen LogP contribution in [0.25, 0.3) is 0 Å². The highest BCUT2D eigenvalue weighted by Crippen LogP contribution is 2.44. The Labute approximate surface area is 147 Å². The average Bonchev–Trinajstić information content (AvgIpc) is 2.98. The molecular weight excluding hydrogens is 322 g/mol. The summed E-state index contributed by atoms with van der Waals surface area (Å²) in [7, 11) is 0. The van der Waals surface area contributed by atoms with Crippen LogP contribution in [0.3, 0.4) is 0 Å². The lowest BCUT2D eigenvalue weighted by atomic mass is 10.00. The van der Waals surface area contributed by atoms with E-state index in [9.17, 15) is 9.59 Å². The van der Waals surface area contributed by atoms with Crippen LogP contribution < -0.4 is 5.32 Å². The van der Waals surface area contributed by atoms with Crippen LogP contribution in [0.2, 0.25) is 0 Å². The minimum atomic E-state index is -0.150. The first-order valence-electron chi connectivity index (χ1n) is 8.62. The lowest BCUT2D eigenvalue weighted by molar-refractivity contribution is 0.0580. The Kier molecular flexibility index (Phi) is 5.04. The van der Waals surface area contributed by atoms with Gasteiger partial charge in [0.2, 0.25) is 0 Å². The molecule has 2 heterocycles. The van der Waals surface area contributed by atoms with Gasteiger partial charge in [-0.25, -0.2) is 4.79 Å². The minimum absolute atomic E-state index is 0.00660. The van der Waals surface area contributed by atoms with Gasteiger partial charge in [0, 0.05) is 37.5 Å². The number of nitrogens with zero attached hydrogens (tertiary/aromatic N) is 2. The molecular formula is C18H25N3O2S. The Morgan fingerprint density at radius 2 is 1.92 bits per heavy atom. The van der Waals surface area contributed by atoms with Crippen LogP contribution in [-0.4, -0.2) is 58.5 Å². The van der Waals surface area contributed by atoms with E-state index >= 15 is 0 Å². The number of benzene rings is 1. The van der Waals surface area contributed by atoms with Gasteiger partial charge in [0.05, 0.1) is 4.87 Å². The monoisotopic (exact) mass is 347 g/mol. The summed E-state index contributed by atoms with van der Waals surface area (Å²) in [4.78, 5) is 28.9. The number of hydrogen-bond acceptors (Lipinski definition) is 3. The highest BCUT2D eigenvalue weighted by molar-refractivity contribution is 8.00. The van der Waals surface area contributed by atoms with Gasteiger partial charge in [-0.1, -0.05) is 18.2 Å². The molecule has 0 radical (unpaired) electrons. The van der Waals surface area contributed by atoms with E-state index in [-0.39, 0.29) is 16.8 Å². The lowest BCUT2D eigenvalue weighted by Gasteiger charge is -2.44. The number of amides is 3. The van der Waals surface area contributed by atoms with Gasteiger partial charge >= 0.3 is 6.03 Å². The first kappa shape index (κ1) is 17.1. The van der Waals surface area contributed by atoms with E-state index in [0.29, 0.717) is 19.6 Å². The number of hydrogen-bond donors (Lipinski definition) is 1. The summed E-state index contributed by atoms with van der Waals surface area (Å²) in [5.41, 5.74) is 1.82. The summed E-state index contributed by atoms with van der Waals surface area (Å²) in [5, 5.41) is 2.86. The van der Waals surface area contributed by atoms with E-state index in [1.165, 1.54) is 0 Å². The Balaban J connectivity index is 1.73. The van der Waals surface area contributed by atoms with Gasteiger partial charge < -0.3 is 15.1 Å². The van der Waals surface area contributed by atoms with Gasteiger partial charge in [0.25, 0.3) is 5.91 Å². The average molecular weight is 347 g/mol. The van der Waals surface area contributed by atoms with Crippen molar-refractivity contribution < 1.29 is 9.59 Å². The van der Waals surface area contributed by atoms with Crippen molar-refractivity contribution in [3.05, 3.63) is 35.4 Å². The molecule has 130 valence electrons. The number of likely N-dealkylation sites (tertiary alicyclic amines) is 1. The molecule has 24 heavy (non-hydrogen) atoms. The molecule has 6 heteroatoms. The number of carbonyl (C=O) groups excluding carboxylic acids is 2. The molecule has 1 N–H and O–H groups in total. The van der Waals surface area contributed by atoms with E-state index < -0.39 is 0 Å². The smallest absolute Gasteiger partial charge is 0.317 e. The number of aryl methyl sites for hydroxylation is 1. The first-order valence-corrected chi connectivity index (χ1v) is 9.60. The summed E-state index contributed by atoms with van der Waals surface area (Å²) >= 11 is 1.88. The number of carbonyl (C=O) groups is 2. The minimum Gasteiger partial charge on any atom is -0.338 e. The van der Waals surface area contributed by atoms with Gasteiger partial charge in [-0.2, -0.15) is 0 Å². The van der Waals surface area contributed by atoms with Crippen molar-refractivity contribution in [2.75, 3.05) is 31.9 Å². The fourth-order valence-corrected chi connectivity index (χ4v) is 5.05. The standard InChI is InChI=1S/C18H25N3O2S/c1-3-19-17(23)20-10-8-18(9-11-20)21(12-13-24-18)16(22)15-7-5-4-6-14(15)2/h4-7H,3,8-13H2,1-2H3,(H,19,23). The van der Waals surface area contributed by atoms with E-state index in [0.717, 1.165) is 36.3 Å². The second-order valence-corrected chi connectivity index (χ2v) is 7.85. The maximum Gasteiger partial charge on any atom is 0.317 e. The van der Waals surface area contributed by atoms with Crippen molar-refractivity contribution in [2.45, 2.75) is 31.6 Å². The quantitative estimate of drug-likeness (QED) is 0.895. The predicted molar refractivity (Wildman–Crippen MR) is 97.3 cm³/mol. The fraction of sp³-hybridized carbons (Fsp3) is 0.556. The fourth-order valence-electron chi connectivity index (χ4n) is 3.59. The van der Waals surface area contributed by atoms with Crippen LogP contribution in [-0.2, 0) is 0 Å². The van der Waals surface area contributed by atoms with E-state index in [1.807, 2.05) is 54.8 Å². The summed E-state index contributed by atoms with van der Waals surface area (Å²) in [6, 6.07) is 7.80. The van der Waals surface area contributed by atoms with Crippen LogP contribution in [0.1, 0.15) is 35.7 Å². The summed E-state index contributed by atoms with van der Waals surface area (Å²) in [6.07, 6.45) is 1.68. The second-order valence-electron chi connectivity index (χ2n) is 6.39. The lowest BCUT2D eigenvalue weighted by Crippen LogP contribution is -2.55. The molecule has 0 aromatic heterocycles. The van der Waals surface area contributed by atoms with Crippen LogP contribution in [0.5, 0.6) is 0 Å². The van der Waals surface area contributed by atoms with E-state index in [4.69, 9.17) is 0 Å². The van der Waals surface area contributed by atoms with Crippen molar-refractivity contribution in [1.82, 2.24) is 15.1 Å². The van der Waals surface area contributed by atoms with Crippen molar-refractivity contribution >= 4 is 23.7 Å². The molecule has 3 rings (SSSR count). The first-order chi connectivity index (χ1) is 11.6. The third kappa shape index (κ3) is 3.11. The molecule has 0 saturated carbocycles. The van der Waals surface area contributed by atoms with Crippen molar-refractivity contribution in [2.24, 2.45) is 0 Å². The molecule has 0 atom stereocenters. The predicted octanol–water partition coefficient (Wildman–Crippen LogP) is 2.71. The number of rotatable bonds is 2. The Bertz CT molecular complexity index is 626. The van der Waals surface area contributed by atoms with Crippen LogP contribution in [0, 0.1) is 6.92 Å². The highest BCUT2D eigenvalue weighted by atomic mass is 32.2. The third-order valence-corrected chi connectivity index (χ3v) is 6.51. The molecule has 0 bridgehead atoms. The molecule has 0 unspecified atom stereocenters. The molecule has 1 aromatic carbocycles. The largest absolute Gasteiger partial charge is 0.338 e. The summed E-state index contributed by atoms with van der Waals surface area (Å²) in [6.45, 7) is 6.76. The van der Waals surface area contributed by atoms with Crippen LogP contribution >= 0.6 is 11.8 Å². The molecule has 5 nitrogen and oxygen atoms in total. The molecule has 2 aliphatic rings. The Morgan fingerprint density at radius 3 is 2.58 bits per heavy atom. The Morgan fingerprint density at radius 1 is 1.21 bits per heavy atom. The molecule has 2 aliphatic heterocycles. The van der Waals surface area contributed by atoms with Crippen LogP contribution in [0.15, 0.2) is 24.3 Å². The zero-order chi connectivity index (χ0) is 17.2. The molecule has 0 aliphatic carbocycles. The molecule has 2 fully saturated rings. The third-order valence-electron chi connectivity index (χ3n) is 4.96. The van der Waals surface area contributed by atoms with Gasteiger partial charge in [-0.15, -0.1) is 11.8 Å². The summed E-state index contributed by atoms with van der Waals surface area (Å²) < 4.78 is 0. The molecule has 2 saturated heterocycles. The number of nitrogens with one attached hydrogen (secondary N) is 1. The zero-order valence-corrected chi connectivity index (χ0v) is 15.2. The van der Waals surface area contributed by atoms with Gasteiger partial charge in [0.1, 0.15) is 0 Å². The van der Waals surface area contributed by atoms with Gasteiger partial charge in [-0.3, -0.25) is 4.79 Å². The number of thioether (sulfide) groups is 1. The second kappa shape index (κ2) is 7.05.